The maximum Gasteiger partial charge on any atom is 0.267 e. The fourth-order valence-corrected chi connectivity index (χ4v) is 3.96. The molecule has 0 bridgehead atoms. The lowest BCUT2D eigenvalue weighted by atomic mass is 10.1. The Morgan fingerprint density at radius 2 is 1.86 bits per heavy atom. The molecule has 4 aromatic rings. The third-order valence-corrected chi connectivity index (χ3v) is 5.52. The zero-order valence-corrected chi connectivity index (χ0v) is 17.4. The van der Waals surface area contributed by atoms with Crippen molar-refractivity contribution < 1.29 is 0 Å². The quantitative estimate of drug-likeness (QED) is 0.442. The molecular weight excluding hydrogens is 418 g/mol. The maximum absolute atomic E-state index is 13.4. The fraction of sp³-hybridized carbons (Fsp3) is 0.227. The summed E-state index contributed by atoms with van der Waals surface area (Å²) in [5.74, 6) is 0.581. The number of benzene rings is 2. The number of hydrogen-bond acceptors (Lipinski definition) is 3. The Balaban J connectivity index is 2.17. The van der Waals surface area contributed by atoms with Crippen LogP contribution in [-0.4, -0.2) is 14.1 Å². The lowest BCUT2D eigenvalue weighted by Crippen LogP contribution is -2.29. The van der Waals surface area contributed by atoms with Gasteiger partial charge in [-0.1, -0.05) is 53.5 Å². The van der Waals surface area contributed by atoms with Crippen molar-refractivity contribution in [3.8, 4) is 11.4 Å². The monoisotopic (exact) mass is 437 g/mol. The highest BCUT2D eigenvalue weighted by Crippen LogP contribution is 2.23. The summed E-state index contributed by atoms with van der Waals surface area (Å²) in [5.41, 5.74) is 1.48. The molecule has 0 amide bonds. The molecule has 0 fully saturated rings. The van der Waals surface area contributed by atoms with Crippen LogP contribution in [0.1, 0.15) is 19.8 Å². The number of para-hydroxylation sites is 1. The first-order chi connectivity index (χ1) is 13.5. The van der Waals surface area contributed by atoms with Gasteiger partial charge < -0.3 is 4.57 Å². The second-order valence-corrected chi connectivity index (χ2v) is 7.78. The highest BCUT2D eigenvalue weighted by atomic mass is 79.9. The molecule has 0 aliphatic heterocycles. The van der Waals surface area contributed by atoms with Crippen LogP contribution in [0.5, 0.6) is 0 Å². The van der Waals surface area contributed by atoms with Crippen molar-refractivity contribution >= 4 is 37.9 Å². The first-order valence-electron chi connectivity index (χ1n) is 9.31. The van der Waals surface area contributed by atoms with Crippen molar-refractivity contribution in [2.45, 2.75) is 26.3 Å². The summed E-state index contributed by atoms with van der Waals surface area (Å²) in [6, 6.07) is 15.0. The number of hydrogen-bond donors (Lipinski definition) is 0. The Morgan fingerprint density at radius 3 is 2.61 bits per heavy atom. The van der Waals surface area contributed by atoms with Crippen molar-refractivity contribution in [1.29, 1.82) is 0 Å². The van der Waals surface area contributed by atoms with Gasteiger partial charge in [0.05, 0.1) is 5.52 Å². The highest BCUT2D eigenvalue weighted by molar-refractivity contribution is 9.10. The van der Waals surface area contributed by atoms with Crippen LogP contribution in [0.15, 0.2) is 62.6 Å². The van der Waals surface area contributed by atoms with E-state index in [1.165, 1.54) is 0 Å². The minimum atomic E-state index is -0.278. The molecule has 4 rings (SSSR count). The molecule has 2 aromatic carbocycles. The average Bonchev–Trinajstić information content (AvgIpc) is 2.70. The van der Waals surface area contributed by atoms with E-state index in [2.05, 4.69) is 22.9 Å². The van der Waals surface area contributed by atoms with Gasteiger partial charge >= 0.3 is 0 Å². The molecule has 0 N–H and O–H groups in total. The van der Waals surface area contributed by atoms with Crippen molar-refractivity contribution in [3.63, 3.8) is 0 Å². The predicted octanol–water partition coefficient (Wildman–Crippen LogP) is 4.48. The van der Waals surface area contributed by atoms with E-state index in [9.17, 15) is 9.59 Å². The van der Waals surface area contributed by atoms with E-state index >= 15 is 0 Å². The number of aryl methyl sites for hydroxylation is 1. The molecule has 0 spiro atoms. The van der Waals surface area contributed by atoms with Gasteiger partial charge in [-0.05, 0) is 30.7 Å². The van der Waals surface area contributed by atoms with E-state index < -0.39 is 0 Å². The Labute approximate surface area is 170 Å². The lowest BCUT2D eigenvalue weighted by Gasteiger charge is -2.16. The number of nitrogens with zero attached hydrogens (tertiary/aromatic N) is 3. The molecule has 0 atom stereocenters. The Morgan fingerprint density at radius 1 is 1.07 bits per heavy atom. The SMILES string of the molecule is CCCCn1c(-c2cccc(Br)c2)nc2c(c(=O)c3ccccc3n2C)c1=O. The van der Waals surface area contributed by atoms with Crippen molar-refractivity contribution in [1.82, 2.24) is 14.1 Å². The summed E-state index contributed by atoms with van der Waals surface area (Å²) in [4.78, 5) is 31.4. The number of fused-ring (bicyclic) bond motifs is 2. The number of rotatable bonds is 4. The van der Waals surface area contributed by atoms with Crippen LogP contribution in [0.4, 0.5) is 0 Å². The second kappa shape index (κ2) is 7.36. The molecular formula is C22H20BrN3O2. The van der Waals surface area contributed by atoms with Crippen LogP contribution >= 0.6 is 15.9 Å². The first-order valence-corrected chi connectivity index (χ1v) is 10.1. The smallest absolute Gasteiger partial charge is 0.267 e. The third kappa shape index (κ3) is 2.98. The van der Waals surface area contributed by atoms with Gasteiger partial charge in [-0.3, -0.25) is 14.2 Å². The predicted molar refractivity (Wildman–Crippen MR) is 117 cm³/mol. The second-order valence-electron chi connectivity index (χ2n) is 6.86. The van der Waals surface area contributed by atoms with Gasteiger partial charge in [0.2, 0.25) is 5.43 Å². The zero-order valence-electron chi connectivity index (χ0n) is 15.8. The summed E-state index contributed by atoms with van der Waals surface area (Å²) in [7, 11) is 1.84. The molecule has 2 aromatic heterocycles. The summed E-state index contributed by atoms with van der Waals surface area (Å²) >= 11 is 3.49. The van der Waals surface area contributed by atoms with E-state index in [4.69, 9.17) is 4.98 Å². The Hall–Kier alpha value is -2.73. The van der Waals surface area contributed by atoms with Gasteiger partial charge in [0, 0.05) is 29.0 Å². The summed E-state index contributed by atoms with van der Waals surface area (Å²) in [6.45, 7) is 2.60. The molecule has 0 aliphatic carbocycles. The molecule has 0 saturated heterocycles. The molecule has 0 radical (unpaired) electrons. The average molecular weight is 438 g/mol. The van der Waals surface area contributed by atoms with Gasteiger partial charge in [0.1, 0.15) is 11.2 Å². The highest BCUT2D eigenvalue weighted by Gasteiger charge is 2.18. The van der Waals surface area contributed by atoms with Gasteiger partial charge in [-0.15, -0.1) is 0 Å². The molecule has 2 heterocycles. The Kier molecular flexibility index (Phi) is 4.89. The minimum absolute atomic E-state index is 0.149. The van der Waals surface area contributed by atoms with Crippen LogP contribution in [0.2, 0.25) is 0 Å². The summed E-state index contributed by atoms with van der Waals surface area (Å²) < 4.78 is 4.39. The molecule has 5 nitrogen and oxygen atoms in total. The summed E-state index contributed by atoms with van der Waals surface area (Å²) in [6.07, 6.45) is 1.78. The van der Waals surface area contributed by atoms with Crippen molar-refractivity contribution in [2.75, 3.05) is 0 Å². The van der Waals surface area contributed by atoms with Crippen LogP contribution in [-0.2, 0) is 13.6 Å². The fourth-order valence-electron chi connectivity index (χ4n) is 3.56. The van der Waals surface area contributed by atoms with Crippen LogP contribution in [0, 0.1) is 0 Å². The standard InChI is InChI=1S/C22H20BrN3O2/c1-3-4-12-26-20(14-8-7-9-15(23)13-14)24-21-18(22(26)28)19(27)16-10-5-6-11-17(16)25(21)2/h5-11,13H,3-4,12H2,1-2H3. The maximum atomic E-state index is 13.4. The van der Waals surface area contributed by atoms with Crippen molar-refractivity contribution in [2.24, 2.45) is 7.05 Å². The third-order valence-electron chi connectivity index (χ3n) is 5.02. The van der Waals surface area contributed by atoms with E-state index in [-0.39, 0.29) is 16.4 Å². The number of unbranched alkanes of at least 4 members (excludes halogenated alkanes) is 1. The van der Waals surface area contributed by atoms with Gasteiger partial charge in [0.15, 0.2) is 5.65 Å². The van der Waals surface area contributed by atoms with Crippen molar-refractivity contribution in [3.05, 3.63) is 73.6 Å². The van der Waals surface area contributed by atoms with Crippen LogP contribution in [0.3, 0.4) is 0 Å². The van der Waals surface area contributed by atoms with E-state index in [1.807, 2.05) is 54.1 Å². The molecule has 0 aliphatic rings. The van der Waals surface area contributed by atoms with E-state index in [0.717, 1.165) is 28.4 Å². The van der Waals surface area contributed by atoms with Crippen LogP contribution < -0.4 is 11.0 Å². The zero-order chi connectivity index (χ0) is 19.8. The largest absolute Gasteiger partial charge is 0.328 e. The number of aromatic nitrogens is 3. The summed E-state index contributed by atoms with van der Waals surface area (Å²) in [5, 5.41) is 0.685. The van der Waals surface area contributed by atoms with Gasteiger partial charge in [0.25, 0.3) is 5.56 Å². The lowest BCUT2D eigenvalue weighted by molar-refractivity contribution is 0.614. The molecule has 28 heavy (non-hydrogen) atoms. The minimum Gasteiger partial charge on any atom is -0.328 e. The van der Waals surface area contributed by atoms with Gasteiger partial charge in [-0.25, -0.2) is 4.98 Å². The Bertz CT molecular complexity index is 1320. The van der Waals surface area contributed by atoms with Crippen LogP contribution in [0.25, 0.3) is 33.3 Å². The van der Waals surface area contributed by atoms with E-state index in [0.29, 0.717) is 23.4 Å². The first kappa shape index (κ1) is 18.6. The molecule has 0 unspecified atom stereocenters. The molecule has 0 saturated carbocycles. The number of halogens is 1. The normalized spacial score (nSPS) is 11.4. The molecule has 142 valence electrons. The number of pyridine rings is 1. The van der Waals surface area contributed by atoms with E-state index in [1.54, 1.807) is 10.6 Å². The topological polar surface area (TPSA) is 56.9 Å². The molecule has 6 heteroatoms. The van der Waals surface area contributed by atoms with Gasteiger partial charge in [-0.2, -0.15) is 0 Å².